The zero-order chi connectivity index (χ0) is 23.8. The fourth-order valence-electron chi connectivity index (χ4n) is 3.65. The summed E-state index contributed by atoms with van der Waals surface area (Å²) in [7, 11) is -3.84. The van der Waals surface area contributed by atoms with E-state index in [0.717, 1.165) is 31.2 Å². The van der Waals surface area contributed by atoms with E-state index in [1.807, 2.05) is 30.3 Å². The predicted molar refractivity (Wildman–Crippen MR) is 127 cm³/mol. The number of hydrogen-bond acceptors (Lipinski definition) is 5. The number of nitrogens with zero attached hydrogens (tertiary/aromatic N) is 1. The number of sulfonamides is 1. The molecule has 1 aliphatic heterocycles. The zero-order valence-electron chi connectivity index (χ0n) is 18.6. The Balaban J connectivity index is 1.63. The summed E-state index contributed by atoms with van der Waals surface area (Å²) in [5.74, 6) is -1.21. The van der Waals surface area contributed by atoms with E-state index in [9.17, 15) is 18.0 Å². The molecule has 1 fully saturated rings. The van der Waals surface area contributed by atoms with Gasteiger partial charge in [0.2, 0.25) is 10.0 Å². The van der Waals surface area contributed by atoms with Gasteiger partial charge in [0.1, 0.15) is 4.90 Å². The smallest absolute Gasteiger partial charge is 0.338 e. The second-order valence-electron chi connectivity index (χ2n) is 8.04. The molecule has 0 saturated carbocycles. The first kappa shape index (κ1) is 25.2. The zero-order valence-corrected chi connectivity index (χ0v) is 20.2. The molecule has 178 valence electrons. The van der Waals surface area contributed by atoms with Crippen molar-refractivity contribution >= 4 is 33.5 Å². The Morgan fingerprint density at radius 2 is 1.73 bits per heavy atom. The van der Waals surface area contributed by atoms with Crippen molar-refractivity contribution in [2.45, 2.75) is 50.0 Å². The minimum atomic E-state index is -3.84. The number of amides is 1. The van der Waals surface area contributed by atoms with Gasteiger partial charge in [0.25, 0.3) is 5.91 Å². The van der Waals surface area contributed by atoms with Crippen LogP contribution in [0.3, 0.4) is 0 Å². The van der Waals surface area contributed by atoms with E-state index in [4.69, 9.17) is 16.3 Å². The molecule has 2 aromatic rings. The number of ether oxygens (including phenoxy) is 1. The highest BCUT2D eigenvalue weighted by molar-refractivity contribution is 7.89. The normalized spacial score (nSPS) is 15.9. The van der Waals surface area contributed by atoms with Crippen LogP contribution in [-0.2, 0) is 26.0 Å². The van der Waals surface area contributed by atoms with Gasteiger partial charge in [-0.05, 0) is 49.9 Å². The van der Waals surface area contributed by atoms with Crippen molar-refractivity contribution in [2.24, 2.45) is 0 Å². The van der Waals surface area contributed by atoms with Gasteiger partial charge in [-0.2, -0.15) is 4.31 Å². The average molecular weight is 493 g/mol. The molecular weight excluding hydrogens is 464 g/mol. The highest BCUT2D eigenvalue weighted by atomic mass is 35.5. The Hall–Kier alpha value is -2.42. The average Bonchev–Trinajstić information content (AvgIpc) is 3.10. The number of rotatable bonds is 8. The second kappa shape index (κ2) is 11.6. The first-order chi connectivity index (χ1) is 15.8. The number of carbonyl (C=O) groups excluding carboxylic acids is 2. The second-order valence-corrected chi connectivity index (χ2v) is 10.4. The van der Waals surface area contributed by atoms with Crippen molar-refractivity contribution in [1.82, 2.24) is 9.62 Å². The van der Waals surface area contributed by atoms with Crippen molar-refractivity contribution in [3.05, 3.63) is 64.7 Å². The summed E-state index contributed by atoms with van der Waals surface area (Å²) in [6, 6.07) is 13.7. The third kappa shape index (κ3) is 6.79. The van der Waals surface area contributed by atoms with E-state index >= 15 is 0 Å². The van der Waals surface area contributed by atoms with E-state index in [0.29, 0.717) is 26.1 Å². The van der Waals surface area contributed by atoms with Gasteiger partial charge in [-0.1, -0.05) is 54.8 Å². The Morgan fingerprint density at radius 3 is 2.39 bits per heavy atom. The summed E-state index contributed by atoms with van der Waals surface area (Å²) in [4.78, 5) is 24.8. The summed E-state index contributed by atoms with van der Waals surface area (Å²) in [5.41, 5.74) is 1.11. The van der Waals surface area contributed by atoms with Crippen molar-refractivity contribution in [3.63, 3.8) is 0 Å². The molecule has 0 spiro atoms. The van der Waals surface area contributed by atoms with Crippen molar-refractivity contribution in [2.75, 3.05) is 19.6 Å². The molecule has 1 saturated heterocycles. The van der Waals surface area contributed by atoms with Crippen LogP contribution in [0.2, 0.25) is 5.02 Å². The minimum absolute atomic E-state index is 0.0248. The van der Waals surface area contributed by atoms with Gasteiger partial charge < -0.3 is 10.1 Å². The van der Waals surface area contributed by atoms with Crippen LogP contribution in [0.5, 0.6) is 0 Å². The van der Waals surface area contributed by atoms with E-state index < -0.39 is 28.0 Å². The minimum Gasteiger partial charge on any atom is -0.449 e. The lowest BCUT2D eigenvalue weighted by Crippen LogP contribution is -2.37. The van der Waals surface area contributed by atoms with Crippen LogP contribution in [-0.4, -0.2) is 50.3 Å². The highest BCUT2D eigenvalue weighted by Gasteiger charge is 2.29. The third-order valence-electron chi connectivity index (χ3n) is 5.56. The molecule has 3 rings (SSSR count). The van der Waals surface area contributed by atoms with Crippen molar-refractivity contribution in [3.8, 4) is 0 Å². The Morgan fingerprint density at radius 1 is 1.06 bits per heavy atom. The molecule has 0 aliphatic carbocycles. The molecule has 9 heteroatoms. The van der Waals surface area contributed by atoms with Crippen LogP contribution in [0.4, 0.5) is 0 Å². The van der Waals surface area contributed by atoms with Crippen LogP contribution in [0.15, 0.2) is 53.4 Å². The molecule has 0 aromatic heterocycles. The fourth-order valence-corrected chi connectivity index (χ4v) is 5.67. The third-order valence-corrected chi connectivity index (χ3v) is 7.94. The molecule has 0 radical (unpaired) electrons. The van der Waals surface area contributed by atoms with E-state index in [1.165, 1.54) is 29.4 Å². The maximum atomic E-state index is 13.1. The van der Waals surface area contributed by atoms with Gasteiger partial charge in [0, 0.05) is 19.6 Å². The van der Waals surface area contributed by atoms with Crippen LogP contribution < -0.4 is 5.32 Å². The molecule has 33 heavy (non-hydrogen) atoms. The van der Waals surface area contributed by atoms with Crippen LogP contribution in [0, 0.1) is 0 Å². The van der Waals surface area contributed by atoms with Gasteiger partial charge in [-0.3, -0.25) is 4.79 Å². The summed E-state index contributed by atoms with van der Waals surface area (Å²) < 4.78 is 32.9. The number of benzene rings is 2. The van der Waals surface area contributed by atoms with Gasteiger partial charge >= 0.3 is 5.97 Å². The summed E-state index contributed by atoms with van der Waals surface area (Å²) in [6.07, 6.45) is 3.16. The molecule has 1 aliphatic rings. The van der Waals surface area contributed by atoms with Gasteiger partial charge in [-0.25, -0.2) is 13.2 Å². The number of hydrogen-bond donors (Lipinski definition) is 1. The molecule has 1 heterocycles. The molecular formula is C24H29ClN2O5S. The molecule has 1 atom stereocenters. The lowest BCUT2D eigenvalue weighted by atomic mass is 10.1. The summed E-state index contributed by atoms with van der Waals surface area (Å²) in [6.45, 7) is 2.73. The van der Waals surface area contributed by atoms with Crippen LogP contribution in [0.25, 0.3) is 0 Å². The largest absolute Gasteiger partial charge is 0.449 e. The molecule has 2 aromatic carbocycles. The quantitative estimate of drug-likeness (QED) is 0.565. The van der Waals surface area contributed by atoms with Crippen LogP contribution in [0.1, 0.15) is 48.5 Å². The van der Waals surface area contributed by atoms with Gasteiger partial charge in [0.05, 0.1) is 10.6 Å². The number of nitrogens with one attached hydrogen (secondary N) is 1. The Kier molecular flexibility index (Phi) is 8.88. The lowest BCUT2D eigenvalue weighted by Gasteiger charge is -2.21. The molecule has 7 nitrogen and oxygen atoms in total. The maximum absolute atomic E-state index is 13.1. The molecule has 1 unspecified atom stereocenters. The van der Waals surface area contributed by atoms with E-state index in [1.54, 1.807) is 0 Å². The predicted octanol–water partition coefficient (Wildman–Crippen LogP) is 3.81. The Labute approximate surface area is 200 Å². The molecule has 1 amide bonds. The Bertz CT molecular complexity index is 1070. The summed E-state index contributed by atoms with van der Waals surface area (Å²) >= 11 is 6.19. The highest BCUT2D eigenvalue weighted by Crippen LogP contribution is 2.28. The topological polar surface area (TPSA) is 92.8 Å². The van der Waals surface area contributed by atoms with E-state index in [-0.39, 0.29) is 15.5 Å². The lowest BCUT2D eigenvalue weighted by molar-refractivity contribution is -0.129. The maximum Gasteiger partial charge on any atom is 0.338 e. The monoisotopic (exact) mass is 492 g/mol. The molecule has 0 bridgehead atoms. The SMILES string of the molecule is CC(OC(=O)c1ccc(Cl)c(S(=O)(=O)N2CCCCCC2)c1)C(=O)NCCc1ccccc1. The molecule has 1 N–H and O–H groups in total. The number of esters is 1. The first-order valence-corrected chi connectivity index (χ1v) is 12.9. The van der Waals surface area contributed by atoms with Gasteiger partial charge in [-0.15, -0.1) is 0 Å². The standard InChI is InChI=1S/C24H29ClN2O5S/c1-18(23(28)26-14-13-19-9-5-4-6-10-19)32-24(29)20-11-12-21(25)22(17-20)33(30,31)27-15-7-2-3-8-16-27/h4-6,9-12,17-18H,2-3,7-8,13-16H2,1H3,(H,26,28). The number of halogens is 1. The van der Waals surface area contributed by atoms with E-state index in [2.05, 4.69) is 5.32 Å². The number of carbonyl (C=O) groups is 2. The summed E-state index contributed by atoms with van der Waals surface area (Å²) in [5, 5.41) is 2.79. The van der Waals surface area contributed by atoms with Crippen molar-refractivity contribution in [1.29, 1.82) is 0 Å². The fraction of sp³-hybridized carbons (Fsp3) is 0.417. The van der Waals surface area contributed by atoms with Crippen LogP contribution >= 0.6 is 11.6 Å². The van der Waals surface area contributed by atoms with Gasteiger partial charge in [0.15, 0.2) is 6.10 Å². The first-order valence-electron chi connectivity index (χ1n) is 11.1. The van der Waals surface area contributed by atoms with Crippen molar-refractivity contribution < 1.29 is 22.7 Å².